The van der Waals surface area contributed by atoms with Crippen LogP contribution in [0, 0.1) is 10.1 Å². The summed E-state index contributed by atoms with van der Waals surface area (Å²) in [5.41, 5.74) is 0.225. The number of fused-ring (bicyclic) bond motifs is 1. The highest BCUT2D eigenvalue weighted by atomic mass is 16.6. The Morgan fingerprint density at radius 2 is 1.61 bits per heavy atom. The Morgan fingerprint density at radius 1 is 0.968 bits per heavy atom. The number of carbonyl (C=O) groups excluding carboxylic acids is 1. The summed E-state index contributed by atoms with van der Waals surface area (Å²) in [5, 5.41) is 14.0. The number of aromatic nitrogens is 2. The van der Waals surface area contributed by atoms with E-state index in [-0.39, 0.29) is 35.7 Å². The van der Waals surface area contributed by atoms with Gasteiger partial charge in [0.2, 0.25) is 5.91 Å². The van der Waals surface area contributed by atoms with Gasteiger partial charge in [-0.2, -0.15) is 0 Å². The van der Waals surface area contributed by atoms with Crippen LogP contribution in [-0.4, -0.2) is 51.7 Å². The van der Waals surface area contributed by atoms with E-state index < -0.39 is 4.92 Å². The van der Waals surface area contributed by atoms with Crippen LogP contribution >= 0.6 is 0 Å². The van der Waals surface area contributed by atoms with Crippen LogP contribution in [0.5, 0.6) is 0 Å². The largest absolute Gasteiger partial charge is 0.368 e. The molecule has 4 rings (SSSR count). The van der Waals surface area contributed by atoms with Crippen molar-refractivity contribution >= 4 is 28.1 Å². The third-order valence-corrected chi connectivity index (χ3v) is 5.49. The first-order valence-electron chi connectivity index (χ1n) is 9.93. The normalized spacial score (nSPS) is 14.1. The molecular formula is C21H21N5O5. The van der Waals surface area contributed by atoms with Crippen molar-refractivity contribution in [2.45, 2.75) is 13.0 Å². The summed E-state index contributed by atoms with van der Waals surface area (Å²) in [6.45, 7) is 2.34. The minimum Gasteiger partial charge on any atom is -0.368 e. The Balaban J connectivity index is 1.36. The molecule has 10 nitrogen and oxygen atoms in total. The number of hydrogen-bond donors (Lipinski definition) is 1. The van der Waals surface area contributed by atoms with Gasteiger partial charge in [0.05, 0.1) is 22.2 Å². The van der Waals surface area contributed by atoms with Crippen LogP contribution in [0.2, 0.25) is 0 Å². The highest BCUT2D eigenvalue weighted by Gasteiger charge is 2.22. The molecule has 0 unspecified atom stereocenters. The highest BCUT2D eigenvalue weighted by Crippen LogP contribution is 2.20. The maximum atomic E-state index is 12.6. The van der Waals surface area contributed by atoms with Crippen molar-refractivity contribution in [3.63, 3.8) is 0 Å². The van der Waals surface area contributed by atoms with Crippen LogP contribution in [0.15, 0.2) is 58.1 Å². The van der Waals surface area contributed by atoms with Crippen molar-refractivity contribution in [1.29, 1.82) is 0 Å². The van der Waals surface area contributed by atoms with Crippen molar-refractivity contribution < 1.29 is 9.72 Å². The third-order valence-electron chi connectivity index (χ3n) is 5.49. The molecule has 0 bridgehead atoms. The topological polar surface area (TPSA) is 122 Å². The van der Waals surface area contributed by atoms with Crippen LogP contribution in [-0.2, 0) is 11.3 Å². The number of hydrogen-bond acceptors (Lipinski definition) is 6. The first-order chi connectivity index (χ1) is 14.9. The minimum absolute atomic E-state index is 0.0412. The van der Waals surface area contributed by atoms with Gasteiger partial charge in [-0.1, -0.05) is 12.1 Å². The highest BCUT2D eigenvalue weighted by molar-refractivity contribution is 5.80. The fourth-order valence-corrected chi connectivity index (χ4v) is 3.77. The van der Waals surface area contributed by atoms with E-state index in [1.807, 2.05) is 0 Å². The van der Waals surface area contributed by atoms with Gasteiger partial charge in [-0.05, 0) is 24.3 Å². The van der Waals surface area contributed by atoms with Gasteiger partial charge < -0.3 is 9.80 Å². The summed E-state index contributed by atoms with van der Waals surface area (Å²) >= 11 is 0. The standard InChI is InChI=1S/C21H21N5O5/c27-19(9-10-25-21(29)18-4-2-1-3-17(18)20(28)22-25)24-13-11-23(12-14-24)15-5-7-16(8-6-15)26(30)31/h1-8H,9-14H2,(H,22,28). The molecule has 160 valence electrons. The molecule has 1 aromatic heterocycles. The fraction of sp³-hybridized carbons (Fsp3) is 0.286. The van der Waals surface area contributed by atoms with Gasteiger partial charge >= 0.3 is 0 Å². The monoisotopic (exact) mass is 423 g/mol. The number of rotatable bonds is 5. The van der Waals surface area contributed by atoms with Gasteiger partial charge in [-0.25, -0.2) is 4.68 Å². The molecule has 1 aliphatic heterocycles. The lowest BCUT2D eigenvalue weighted by atomic mass is 10.2. The lowest BCUT2D eigenvalue weighted by Crippen LogP contribution is -2.49. The van der Waals surface area contributed by atoms with Gasteiger partial charge in [0.25, 0.3) is 16.8 Å². The summed E-state index contributed by atoms with van der Waals surface area (Å²) in [6, 6.07) is 12.9. The molecule has 1 aliphatic rings. The average molecular weight is 423 g/mol. The zero-order valence-corrected chi connectivity index (χ0v) is 16.7. The number of nitro groups is 1. The second-order valence-electron chi connectivity index (χ2n) is 7.33. The molecule has 1 saturated heterocycles. The second kappa shape index (κ2) is 8.42. The van der Waals surface area contributed by atoms with Crippen molar-refractivity contribution in [2.24, 2.45) is 0 Å². The smallest absolute Gasteiger partial charge is 0.273 e. The van der Waals surface area contributed by atoms with Crippen LogP contribution in [0.1, 0.15) is 6.42 Å². The number of non-ortho nitro benzene ring substituents is 1. The molecule has 0 spiro atoms. The molecule has 2 aromatic carbocycles. The lowest BCUT2D eigenvalue weighted by Gasteiger charge is -2.36. The van der Waals surface area contributed by atoms with Gasteiger partial charge in [0, 0.05) is 50.4 Å². The molecular weight excluding hydrogens is 402 g/mol. The van der Waals surface area contributed by atoms with Crippen LogP contribution < -0.4 is 16.0 Å². The summed E-state index contributed by atoms with van der Waals surface area (Å²) in [4.78, 5) is 51.5. The Kier molecular flexibility index (Phi) is 5.52. The fourth-order valence-electron chi connectivity index (χ4n) is 3.77. The van der Waals surface area contributed by atoms with E-state index in [2.05, 4.69) is 10.00 Å². The van der Waals surface area contributed by atoms with Crippen molar-refractivity contribution in [1.82, 2.24) is 14.7 Å². The lowest BCUT2D eigenvalue weighted by molar-refractivity contribution is -0.384. The van der Waals surface area contributed by atoms with Crippen LogP contribution in [0.3, 0.4) is 0 Å². The Bertz CT molecular complexity index is 1240. The van der Waals surface area contributed by atoms with E-state index in [9.17, 15) is 24.5 Å². The first kappa shape index (κ1) is 20.3. The predicted octanol–water partition coefficient (Wildman–Crippen LogP) is 1.34. The summed E-state index contributed by atoms with van der Waals surface area (Å²) in [6.07, 6.45) is 0.103. The molecule has 0 saturated carbocycles. The Morgan fingerprint density at radius 3 is 2.26 bits per heavy atom. The van der Waals surface area contributed by atoms with Gasteiger partial charge in [0.1, 0.15) is 0 Å². The first-order valence-corrected chi connectivity index (χ1v) is 9.93. The summed E-state index contributed by atoms with van der Waals surface area (Å²) in [5.74, 6) is -0.0933. The summed E-state index contributed by atoms with van der Waals surface area (Å²) in [7, 11) is 0. The van der Waals surface area contributed by atoms with Crippen molar-refractivity contribution in [3.05, 3.63) is 79.4 Å². The van der Waals surface area contributed by atoms with Crippen molar-refractivity contribution in [3.8, 4) is 0 Å². The van der Waals surface area contributed by atoms with Gasteiger partial charge in [-0.3, -0.25) is 29.6 Å². The number of nitrogens with one attached hydrogen (secondary N) is 1. The molecule has 1 N–H and O–H groups in total. The molecule has 31 heavy (non-hydrogen) atoms. The van der Waals surface area contributed by atoms with E-state index in [1.54, 1.807) is 41.3 Å². The number of nitrogens with zero attached hydrogens (tertiary/aromatic N) is 4. The molecule has 0 atom stereocenters. The average Bonchev–Trinajstić information content (AvgIpc) is 2.80. The third kappa shape index (κ3) is 4.18. The van der Waals surface area contributed by atoms with E-state index in [4.69, 9.17) is 0 Å². The van der Waals surface area contributed by atoms with E-state index in [0.29, 0.717) is 37.0 Å². The number of carbonyl (C=O) groups is 1. The number of H-pyrrole nitrogens is 1. The number of nitro benzene ring substituents is 1. The van der Waals surface area contributed by atoms with Crippen LogP contribution in [0.4, 0.5) is 11.4 Å². The molecule has 3 aromatic rings. The maximum absolute atomic E-state index is 12.6. The molecule has 1 fully saturated rings. The van der Waals surface area contributed by atoms with Crippen LogP contribution in [0.25, 0.3) is 10.8 Å². The molecule has 10 heteroatoms. The number of aromatic amines is 1. The number of anilines is 1. The molecule has 2 heterocycles. The quantitative estimate of drug-likeness (QED) is 0.488. The number of aryl methyl sites for hydroxylation is 1. The van der Waals surface area contributed by atoms with E-state index >= 15 is 0 Å². The summed E-state index contributed by atoms with van der Waals surface area (Å²) < 4.78 is 1.19. The van der Waals surface area contributed by atoms with Gasteiger partial charge in [0.15, 0.2) is 0 Å². The second-order valence-corrected chi connectivity index (χ2v) is 7.33. The van der Waals surface area contributed by atoms with E-state index in [1.165, 1.54) is 16.8 Å². The zero-order chi connectivity index (χ0) is 22.0. The maximum Gasteiger partial charge on any atom is 0.273 e. The van der Waals surface area contributed by atoms with Gasteiger partial charge in [-0.15, -0.1) is 0 Å². The molecule has 1 amide bonds. The zero-order valence-electron chi connectivity index (χ0n) is 16.7. The number of piperazine rings is 1. The van der Waals surface area contributed by atoms with Crippen molar-refractivity contribution in [2.75, 3.05) is 31.1 Å². The minimum atomic E-state index is -0.436. The predicted molar refractivity (Wildman–Crippen MR) is 115 cm³/mol. The molecule has 0 radical (unpaired) electrons. The van der Waals surface area contributed by atoms with E-state index in [0.717, 1.165) is 5.69 Å². The SMILES string of the molecule is O=C(CCn1[nH]c(=O)c2ccccc2c1=O)N1CCN(c2ccc([N+](=O)[O-])cc2)CC1. The number of benzene rings is 2. The Labute approximate surface area is 176 Å². The Hall–Kier alpha value is -3.95. The number of amides is 1. The molecule has 0 aliphatic carbocycles.